The average Bonchev–Trinajstić information content (AvgIpc) is 2.53. The Morgan fingerprint density at radius 2 is 1.94 bits per heavy atom. The van der Waals surface area contributed by atoms with Crippen LogP contribution in [0.15, 0.2) is 15.2 Å². The van der Waals surface area contributed by atoms with E-state index in [0.29, 0.717) is 5.41 Å². The Kier molecular flexibility index (Phi) is 2.64. The Labute approximate surface area is 117 Å². The third kappa shape index (κ3) is 1.58. The van der Waals surface area contributed by atoms with Gasteiger partial charge >= 0.3 is 0 Å². The summed E-state index contributed by atoms with van der Waals surface area (Å²) in [5, 5.41) is 1.30. The highest BCUT2D eigenvalue weighted by Gasteiger charge is 2.31. The van der Waals surface area contributed by atoms with Crippen LogP contribution in [-0.4, -0.2) is 0 Å². The Morgan fingerprint density at radius 3 is 2.67 bits per heavy atom. The highest BCUT2D eigenvalue weighted by molar-refractivity contribution is 9.10. The van der Waals surface area contributed by atoms with Gasteiger partial charge in [0, 0.05) is 10.9 Å². The monoisotopic (exact) mass is 306 g/mol. The Bertz CT molecular complexity index is 634. The van der Waals surface area contributed by atoms with Crippen molar-refractivity contribution in [3.8, 4) is 0 Å². The van der Waals surface area contributed by atoms with Crippen LogP contribution in [0, 0.1) is 13.8 Å². The lowest BCUT2D eigenvalue weighted by atomic mass is 9.70. The van der Waals surface area contributed by atoms with E-state index in [-0.39, 0.29) is 0 Å². The first-order valence-corrected chi connectivity index (χ1v) is 7.42. The van der Waals surface area contributed by atoms with Crippen LogP contribution in [0.1, 0.15) is 48.9 Å². The quantitative estimate of drug-likeness (QED) is 0.633. The molecule has 0 atom stereocenters. The molecule has 1 aliphatic carbocycles. The number of benzene rings is 1. The van der Waals surface area contributed by atoms with Crippen molar-refractivity contribution in [2.24, 2.45) is 0 Å². The van der Waals surface area contributed by atoms with E-state index < -0.39 is 0 Å². The molecule has 1 heterocycles. The molecule has 96 valence electrons. The number of hydrogen-bond donors (Lipinski definition) is 0. The van der Waals surface area contributed by atoms with Gasteiger partial charge in [-0.2, -0.15) is 0 Å². The molecule has 1 aromatic heterocycles. The van der Waals surface area contributed by atoms with Crippen LogP contribution in [0.25, 0.3) is 11.0 Å². The first-order chi connectivity index (χ1) is 8.42. The molecule has 18 heavy (non-hydrogen) atoms. The number of aryl methyl sites for hydroxylation is 3. The molecule has 1 aliphatic rings. The maximum absolute atomic E-state index is 5.83. The van der Waals surface area contributed by atoms with Crippen molar-refractivity contribution in [3.05, 3.63) is 33.0 Å². The van der Waals surface area contributed by atoms with Crippen molar-refractivity contribution in [3.63, 3.8) is 0 Å². The molecule has 2 heteroatoms. The third-order valence-electron chi connectivity index (χ3n) is 4.42. The predicted octanol–water partition coefficient (Wildman–Crippen LogP) is 5.43. The van der Waals surface area contributed by atoms with Crippen LogP contribution < -0.4 is 0 Å². The van der Waals surface area contributed by atoms with Gasteiger partial charge in [-0.3, -0.25) is 0 Å². The van der Waals surface area contributed by atoms with Gasteiger partial charge in [-0.25, -0.2) is 0 Å². The Morgan fingerprint density at radius 1 is 1.22 bits per heavy atom. The molecule has 0 unspecified atom stereocenters. The van der Waals surface area contributed by atoms with Gasteiger partial charge in [0.1, 0.15) is 5.58 Å². The fourth-order valence-electron chi connectivity index (χ4n) is 3.66. The number of rotatable bonds is 0. The number of hydrogen-bond acceptors (Lipinski definition) is 1. The normalized spacial score (nSPS) is 18.1. The second-order valence-electron chi connectivity index (χ2n) is 6.15. The van der Waals surface area contributed by atoms with Gasteiger partial charge in [0.25, 0.3) is 0 Å². The van der Waals surface area contributed by atoms with Crippen molar-refractivity contribution in [2.45, 2.75) is 52.4 Å². The SMILES string of the molecule is Cc1c(Br)oc2cc3c(c(C)c12)C(C)(C)CCC3. The zero-order valence-electron chi connectivity index (χ0n) is 11.5. The minimum absolute atomic E-state index is 0.294. The fourth-order valence-corrected chi connectivity index (χ4v) is 4.03. The summed E-state index contributed by atoms with van der Waals surface area (Å²) in [4.78, 5) is 0. The van der Waals surface area contributed by atoms with Crippen LogP contribution in [0.3, 0.4) is 0 Å². The van der Waals surface area contributed by atoms with Gasteiger partial charge in [0.15, 0.2) is 4.67 Å². The number of fused-ring (bicyclic) bond motifs is 2. The van der Waals surface area contributed by atoms with Crippen LogP contribution in [-0.2, 0) is 11.8 Å². The van der Waals surface area contributed by atoms with Crippen LogP contribution in [0.4, 0.5) is 0 Å². The maximum Gasteiger partial charge on any atom is 0.173 e. The topological polar surface area (TPSA) is 13.1 Å². The molecule has 0 radical (unpaired) electrons. The first kappa shape index (κ1) is 12.3. The van der Waals surface area contributed by atoms with E-state index in [2.05, 4.69) is 49.7 Å². The molecule has 2 aromatic rings. The summed E-state index contributed by atoms with van der Waals surface area (Å²) in [7, 11) is 0. The third-order valence-corrected chi connectivity index (χ3v) is 5.17. The molecule has 1 nitrogen and oxygen atoms in total. The van der Waals surface area contributed by atoms with Gasteiger partial charge in [-0.1, -0.05) is 13.8 Å². The summed E-state index contributed by atoms with van der Waals surface area (Å²) in [6.07, 6.45) is 3.75. The summed E-state index contributed by atoms with van der Waals surface area (Å²) in [5.41, 5.74) is 7.01. The summed E-state index contributed by atoms with van der Waals surface area (Å²) < 4.78 is 6.71. The maximum atomic E-state index is 5.83. The molecule has 1 aromatic carbocycles. The van der Waals surface area contributed by atoms with Crippen molar-refractivity contribution < 1.29 is 4.42 Å². The van der Waals surface area contributed by atoms with E-state index in [1.165, 1.54) is 41.3 Å². The smallest absolute Gasteiger partial charge is 0.173 e. The Hall–Kier alpha value is -0.760. The van der Waals surface area contributed by atoms with E-state index in [1.807, 2.05) is 0 Å². The highest BCUT2D eigenvalue weighted by Crippen LogP contribution is 2.43. The predicted molar refractivity (Wildman–Crippen MR) is 79.4 cm³/mol. The number of halogens is 1. The fraction of sp³-hybridized carbons (Fsp3) is 0.500. The van der Waals surface area contributed by atoms with E-state index in [1.54, 1.807) is 5.56 Å². The molecular weight excluding hydrogens is 288 g/mol. The second kappa shape index (κ2) is 3.86. The molecule has 0 saturated carbocycles. The van der Waals surface area contributed by atoms with Gasteiger partial charge in [0.05, 0.1) is 0 Å². The summed E-state index contributed by atoms with van der Waals surface area (Å²) in [5.74, 6) is 0. The summed E-state index contributed by atoms with van der Waals surface area (Å²) >= 11 is 3.51. The van der Waals surface area contributed by atoms with Gasteiger partial charge in [0.2, 0.25) is 0 Å². The van der Waals surface area contributed by atoms with Crippen molar-refractivity contribution in [1.29, 1.82) is 0 Å². The largest absolute Gasteiger partial charge is 0.449 e. The van der Waals surface area contributed by atoms with E-state index in [0.717, 1.165) is 10.3 Å². The van der Waals surface area contributed by atoms with Gasteiger partial charge in [-0.05, 0) is 77.2 Å². The molecule has 0 saturated heterocycles. The molecule has 0 fully saturated rings. The molecule has 0 aliphatic heterocycles. The minimum Gasteiger partial charge on any atom is -0.449 e. The van der Waals surface area contributed by atoms with E-state index in [9.17, 15) is 0 Å². The molecular formula is C16H19BrO. The lowest BCUT2D eigenvalue weighted by Crippen LogP contribution is -2.25. The Balaban J connectivity index is 2.43. The zero-order chi connectivity index (χ0) is 13.1. The minimum atomic E-state index is 0.294. The van der Waals surface area contributed by atoms with Crippen molar-refractivity contribution >= 4 is 26.9 Å². The van der Waals surface area contributed by atoms with Crippen molar-refractivity contribution in [1.82, 2.24) is 0 Å². The van der Waals surface area contributed by atoms with E-state index >= 15 is 0 Å². The molecule has 0 bridgehead atoms. The second-order valence-corrected chi connectivity index (χ2v) is 6.87. The molecule has 3 rings (SSSR count). The van der Waals surface area contributed by atoms with Crippen LogP contribution in [0.2, 0.25) is 0 Å². The van der Waals surface area contributed by atoms with Crippen molar-refractivity contribution in [2.75, 3.05) is 0 Å². The first-order valence-electron chi connectivity index (χ1n) is 6.63. The summed E-state index contributed by atoms with van der Waals surface area (Å²) in [6, 6.07) is 2.26. The standard InChI is InChI=1S/C16H19BrO/c1-9-13-10(2)15(17)18-12(13)8-11-6-5-7-16(3,4)14(9)11/h8H,5-7H2,1-4H3. The summed E-state index contributed by atoms with van der Waals surface area (Å²) in [6.45, 7) is 9.12. The molecule has 0 N–H and O–H groups in total. The van der Waals surface area contributed by atoms with E-state index in [4.69, 9.17) is 4.42 Å². The molecule has 0 amide bonds. The lowest BCUT2D eigenvalue weighted by molar-refractivity contribution is 0.430. The zero-order valence-corrected chi connectivity index (χ0v) is 13.1. The molecule has 0 spiro atoms. The van der Waals surface area contributed by atoms with Gasteiger partial charge < -0.3 is 4.42 Å². The average molecular weight is 307 g/mol. The van der Waals surface area contributed by atoms with Crippen LogP contribution >= 0.6 is 15.9 Å². The van der Waals surface area contributed by atoms with Crippen LogP contribution in [0.5, 0.6) is 0 Å². The number of furan rings is 1. The van der Waals surface area contributed by atoms with Gasteiger partial charge in [-0.15, -0.1) is 0 Å². The lowest BCUT2D eigenvalue weighted by Gasteiger charge is -2.34. The highest BCUT2D eigenvalue weighted by atomic mass is 79.9.